The maximum Gasteiger partial charge on any atom is 0.376 e. The van der Waals surface area contributed by atoms with Crippen LogP contribution in [0.15, 0.2) is 30.3 Å². The van der Waals surface area contributed by atoms with Gasteiger partial charge in [0.05, 0.1) is 0 Å². The molecule has 0 heterocycles. The number of benzene rings is 1. The molecular formula is C13H12O3. The predicted molar refractivity (Wildman–Crippen MR) is 60.1 cm³/mol. The van der Waals surface area contributed by atoms with Gasteiger partial charge in [-0.2, -0.15) is 0 Å². The summed E-state index contributed by atoms with van der Waals surface area (Å²) >= 11 is 0. The molecule has 0 spiro atoms. The van der Waals surface area contributed by atoms with E-state index >= 15 is 0 Å². The zero-order valence-electron chi connectivity index (χ0n) is 8.72. The molecule has 3 nitrogen and oxygen atoms in total. The standard InChI is InChI=1S/C13H12O3/c14-12(13(15)16)8-7-9-3-1-2-4-11(9)10-5-6-10/h1-4,7-8,10H,5-6H2,(H,15,16)/b8-7+. The van der Waals surface area contributed by atoms with Gasteiger partial charge in [0.2, 0.25) is 0 Å². The van der Waals surface area contributed by atoms with Crippen molar-refractivity contribution < 1.29 is 14.7 Å². The lowest BCUT2D eigenvalue weighted by molar-refractivity contribution is -0.146. The quantitative estimate of drug-likeness (QED) is 0.620. The van der Waals surface area contributed by atoms with E-state index in [1.54, 1.807) is 6.08 Å². The van der Waals surface area contributed by atoms with Crippen molar-refractivity contribution in [3.8, 4) is 0 Å². The molecule has 1 saturated carbocycles. The molecule has 0 saturated heterocycles. The first-order valence-electron chi connectivity index (χ1n) is 5.23. The minimum Gasteiger partial charge on any atom is -0.475 e. The lowest BCUT2D eigenvalue weighted by Crippen LogP contribution is -2.08. The molecule has 0 atom stereocenters. The van der Waals surface area contributed by atoms with Gasteiger partial charge in [0.15, 0.2) is 0 Å². The van der Waals surface area contributed by atoms with Crippen LogP contribution >= 0.6 is 0 Å². The van der Waals surface area contributed by atoms with Crippen molar-refractivity contribution in [2.45, 2.75) is 18.8 Å². The van der Waals surface area contributed by atoms with E-state index in [2.05, 4.69) is 0 Å². The van der Waals surface area contributed by atoms with Gasteiger partial charge in [-0.1, -0.05) is 30.3 Å². The largest absolute Gasteiger partial charge is 0.475 e. The third-order valence-corrected chi connectivity index (χ3v) is 2.64. The molecule has 0 amide bonds. The molecule has 0 bridgehead atoms. The highest BCUT2D eigenvalue weighted by Gasteiger charge is 2.24. The van der Waals surface area contributed by atoms with Gasteiger partial charge in [-0.3, -0.25) is 4.79 Å². The third kappa shape index (κ3) is 2.37. The second-order valence-corrected chi connectivity index (χ2v) is 3.91. The first kappa shape index (κ1) is 10.6. The van der Waals surface area contributed by atoms with Crippen LogP contribution in [0.2, 0.25) is 0 Å². The minimum absolute atomic E-state index is 0.584. The van der Waals surface area contributed by atoms with Crippen molar-refractivity contribution in [2.24, 2.45) is 0 Å². The fourth-order valence-electron chi connectivity index (χ4n) is 1.67. The maximum absolute atomic E-state index is 10.9. The normalized spacial score (nSPS) is 15.2. The average Bonchev–Trinajstić information content (AvgIpc) is 3.10. The van der Waals surface area contributed by atoms with Gasteiger partial charge in [0.1, 0.15) is 0 Å². The average molecular weight is 216 g/mol. The summed E-state index contributed by atoms with van der Waals surface area (Å²) in [5.41, 5.74) is 2.15. The summed E-state index contributed by atoms with van der Waals surface area (Å²) in [4.78, 5) is 21.3. The highest BCUT2D eigenvalue weighted by Crippen LogP contribution is 2.41. The van der Waals surface area contributed by atoms with E-state index in [-0.39, 0.29) is 0 Å². The van der Waals surface area contributed by atoms with E-state index in [0.29, 0.717) is 5.92 Å². The summed E-state index contributed by atoms with van der Waals surface area (Å²) in [6.07, 6.45) is 5.06. The van der Waals surface area contributed by atoms with E-state index < -0.39 is 11.8 Å². The van der Waals surface area contributed by atoms with Crippen LogP contribution in [-0.4, -0.2) is 16.9 Å². The van der Waals surface area contributed by atoms with Gasteiger partial charge in [-0.15, -0.1) is 0 Å². The highest BCUT2D eigenvalue weighted by atomic mass is 16.4. The molecule has 2 rings (SSSR count). The molecule has 0 aliphatic heterocycles. The van der Waals surface area contributed by atoms with Crippen LogP contribution in [0.1, 0.15) is 29.9 Å². The number of carbonyl (C=O) groups excluding carboxylic acids is 1. The number of ketones is 1. The van der Waals surface area contributed by atoms with Crippen molar-refractivity contribution >= 4 is 17.8 Å². The number of hydrogen-bond acceptors (Lipinski definition) is 2. The Hall–Kier alpha value is -1.90. The Morgan fingerprint density at radius 3 is 2.56 bits per heavy atom. The molecule has 1 aliphatic rings. The van der Waals surface area contributed by atoms with Gasteiger partial charge in [0, 0.05) is 0 Å². The van der Waals surface area contributed by atoms with E-state index in [0.717, 1.165) is 11.6 Å². The molecule has 1 aromatic carbocycles. The third-order valence-electron chi connectivity index (χ3n) is 2.64. The molecular weight excluding hydrogens is 204 g/mol. The number of hydrogen-bond donors (Lipinski definition) is 1. The summed E-state index contributed by atoms with van der Waals surface area (Å²) in [5.74, 6) is -1.72. The Bertz CT molecular complexity index is 456. The second kappa shape index (κ2) is 4.31. The van der Waals surface area contributed by atoms with Crippen LogP contribution < -0.4 is 0 Å². The van der Waals surface area contributed by atoms with E-state index in [4.69, 9.17) is 5.11 Å². The van der Waals surface area contributed by atoms with Crippen molar-refractivity contribution in [3.63, 3.8) is 0 Å². The fourth-order valence-corrected chi connectivity index (χ4v) is 1.67. The van der Waals surface area contributed by atoms with Crippen molar-refractivity contribution in [3.05, 3.63) is 41.5 Å². The Kier molecular flexibility index (Phi) is 2.86. The summed E-state index contributed by atoms with van der Waals surface area (Å²) in [6, 6.07) is 7.78. The van der Waals surface area contributed by atoms with Crippen LogP contribution in [0.5, 0.6) is 0 Å². The molecule has 16 heavy (non-hydrogen) atoms. The number of carboxylic acid groups (broad SMARTS) is 1. The Labute approximate surface area is 93.4 Å². The Morgan fingerprint density at radius 2 is 1.94 bits per heavy atom. The first-order chi connectivity index (χ1) is 7.68. The van der Waals surface area contributed by atoms with Gasteiger partial charge in [-0.25, -0.2) is 4.79 Å². The van der Waals surface area contributed by atoms with Gasteiger partial charge in [0.25, 0.3) is 5.78 Å². The van der Waals surface area contributed by atoms with Crippen LogP contribution in [-0.2, 0) is 9.59 Å². The topological polar surface area (TPSA) is 54.4 Å². The van der Waals surface area contributed by atoms with Crippen molar-refractivity contribution in [1.29, 1.82) is 0 Å². The minimum atomic E-state index is -1.42. The Morgan fingerprint density at radius 1 is 1.25 bits per heavy atom. The van der Waals surface area contributed by atoms with Crippen molar-refractivity contribution in [1.82, 2.24) is 0 Å². The molecule has 0 radical (unpaired) electrons. The molecule has 1 fully saturated rings. The monoisotopic (exact) mass is 216 g/mol. The summed E-state index contributed by atoms with van der Waals surface area (Å²) in [6.45, 7) is 0. The van der Waals surface area contributed by atoms with E-state index in [1.807, 2.05) is 24.3 Å². The number of carbonyl (C=O) groups is 2. The smallest absolute Gasteiger partial charge is 0.376 e. The number of rotatable bonds is 4. The molecule has 1 N–H and O–H groups in total. The first-order valence-corrected chi connectivity index (χ1v) is 5.23. The van der Waals surface area contributed by atoms with Crippen molar-refractivity contribution in [2.75, 3.05) is 0 Å². The zero-order chi connectivity index (χ0) is 11.5. The summed E-state index contributed by atoms with van der Waals surface area (Å²) in [5, 5.41) is 8.45. The molecule has 0 aromatic heterocycles. The van der Waals surface area contributed by atoms with Crippen LogP contribution in [0.4, 0.5) is 0 Å². The van der Waals surface area contributed by atoms with Crippen LogP contribution in [0.25, 0.3) is 6.08 Å². The summed E-state index contributed by atoms with van der Waals surface area (Å²) < 4.78 is 0. The van der Waals surface area contributed by atoms with E-state index in [1.165, 1.54) is 18.4 Å². The van der Waals surface area contributed by atoms with Crippen LogP contribution in [0, 0.1) is 0 Å². The summed E-state index contributed by atoms with van der Waals surface area (Å²) in [7, 11) is 0. The lowest BCUT2D eigenvalue weighted by atomic mass is 10.0. The Balaban J connectivity index is 2.20. The molecule has 1 aliphatic carbocycles. The zero-order valence-corrected chi connectivity index (χ0v) is 8.72. The molecule has 0 unspecified atom stereocenters. The fraction of sp³-hybridized carbons (Fsp3) is 0.231. The van der Waals surface area contributed by atoms with Crippen LogP contribution in [0.3, 0.4) is 0 Å². The van der Waals surface area contributed by atoms with Gasteiger partial charge in [-0.05, 0) is 36.0 Å². The number of carboxylic acids is 1. The maximum atomic E-state index is 10.9. The van der Waals surface area contributed by atoms with Gasteiger partial charge < -0.3 is 5.11 Å². The second-order valence-electron chi connectivity index (χ2n) is 3.91. The molecule has 82 valence electrons. The SMILES string of the molecule is O=C(O)C(=O)/C=C/c1ccccc1C1CC1. The predicted octanol–water partition coefficient (Wildman–Crippen LogP) is 2.23. The lowest BCUT2D eigenvalue weighted by Gasteiger charge is -2.02. The van der Waals surface area contributed by atoms with E-state index in [9.17, 15) is 9.59 Å². The van der Waals surface area contributed by atoms with Gasteiger partial charge >= 0.3 is 5.97 Å². The molecule has 3 heteroatoms. The number of aliphatic carboxylic acids is 1. The highest BCUT2D eigenvalue weighted by molar-refractivity contribution is 6.38. The molecule has 1 aromatic rings.